The maximum absolute atomic E-state index is 4.85. The third-order valence-corrected chi connectivity index (χ3v) is 7.07. The topological polar surface area (TPSA) is 25.8 Å². The van der Waals surface area contributed by atoms with Crippen LogP contribution in [0.25, 0.3) is 65.6 Å². The van der Waals surface area contributed by atoms with Gasteiger partial charge in [-0.3, -0.25) is 0 Å². The van der Waals surface area contributed by atoms with Crippen molar-refractivity contribution in [2.45, 2.75) is 0 Å². The lowest BCUT2D eigenvalue weighted by Gasteiger charge is -2.16. The molecule has 33 heavy (non-hydrogen) atoms. The molecule has 0 N–H and O–H groups in total. The van der Waals surface area contributed by atoms with Gasteiger partial charge in [-0.25, -0.2) is 0 Å². The van der Waals surface area contributed by atoms with Crippen molar-refractivity contribution in [2.75, 3.05) is 0 Å². The Morgan fingerprint density at radius 2 is 0.788 bits per heavy atom. The van der Waals surface area contributed by atoms with E-state index in [0.717, 1.165) is 22.2 Å². The average molecular weight is 439 g/mol. The minimum absolute atomic E-state index is 0.970. The zero-order valence-electron chi connectivity index (χ0n) is 17.7. The molecule has 7 aromatic rings. The Bertz CT molecular complexity index is 1690. The number of hydrogen-bond acceptors (Lipinski definition) is 3. The highest BCUT2D eigenvalue weighted by atomic mass is 32.1. The molecule has 1 heterocycles. The predicted molar refractivity (Wildman–Crippen MR) is 141 cm³/mol. The van der Waals surface area contributed by atoms with Crippen LogP contribution in [0.5, 0.6) is 0 Å². The normalized spacial score (nSPS) is 11.6. The zero-order chi connectivity index (χ0) is 21.8. The molecule has 6 aromatic carbocycles. The van der Waals surface area contributed by atoms with Gasteiger partial charge in [0, 0.05) is 11.1 Å². The van der Waals surface area contributed by atoms with Crippen molar-refractivity contribution >= 4 is 55.1 Å². The molecule has 0 fully saturated rings. The highest BCUT2D eigenvalue weighted by Crippen LogP contribution is 2.45. The van der Waals surface area contributed by atoms with Crippen LogP contribution in [0.1, 0.15) is 0 Å². The molecule has 0 bridgehead atoms. The summed E-state index contributed by atoms with van der Waals surface area (Å²) < 4.78 is 9.70. The molecular weight excluding hydrogens is 420 g/mol. The SMILES string of the molecule is c1ccc2c(-c3c4ccccc4c(-c4cccc5ccccc45)c4nsnc34)cccc2c1. The van der Waals surface area contributed by atoms with E-state index in [9.17, 15) is 0 Å². The maximum Gasteiger partial charge on any atom is 0.113 e. The van der Waals surface area contributed by atoms with Gasteiger partial charge < -0.3 is 0 Å². The number of hydrogen-bond donors (Lipinski definition) is 0. The van der Waals surface area contributed by atoms with E-state index in [4.69, 9.17) is 8.75 Å². The highest BCUT2D eigenvalue weighted by Gasteiger charge is 2.21. The van der Waals surface area contributed by atoms with Crippen molar-refractivity contribution in [1.82, 2.24) is 8.75 Å². The smallest absolute Gasteiger partial charge is 0.113 e. The first-order chi connectivity index (χ1) is 16.4. The molecule has 0 aliphatic carbocycles. The summed E-state index contributed by atoms with van der Waals surface area (Å²) in [5, 5.41) is 7.34. The monoisotopic (exact) mass is 438 g/mol. The van der Waals surface area contributed by atoms with Gasteiger partial charge in [-0.2, -0.15) is 8.75 Å². The Kier molecular flexibility index (Phi) is 4.05. The number of aromatic nitrogens is 2. The Morgan fingerprint density at radius 1 is 0.394 bits per heavy atom. The molecule has 0 radical (unpaired) electrons. The highest BCUT2D eigenvalue weighted by molar-refractivity contribution is 7.00. The van der Waals surface area contributed by atoms with Crippen LogP contribution in [0.15, 0.2) is 109 Å². The van der Waals surface area contributed by atoms with E-state index in [1.165, 1.54) is 55.2 Å². The van der Waals surface area contributed by atoms with E-state index in [-0.39, 0.29) is 0 Å². The fraction of sp³-hybridized carbons (Fsp3) is 0. The lowest BCUT2D eigenvalue weighted by molar-refractivity contribution is 1.63. The molecule has 0 saturated heterocycles. The first-order valence-electron chi connectivity index (χ1n) is 11.0. The maximum atomic E-state index is 4.85. The van der Waals surface area contributed by atoms with Gasteiger partial charge in [0.25, 0.3) is 0 Å². The van der Waals surface area contributed by atoms with Crippen LogP contribution in [-0.2, 0) is 0 Å². The van der Waals surface area contributed by atoms with E-state index < -0.39 is 0 Å². The molecule has 154 valence electrons. The first kappa shape index (κ1) is 18.5. The molecule has 3 heteroatoms. The molecule has 2 nitrogen and oxygen atoms in total. The van der Waals surface area contributed by atoms with Gasteiger partial charge in [0.15, 0.2) is 0 Å². The molecule has 0 atom stereocenters. The van der Waals surface area contributed by atoms with E-state index in [2.05, 4.69) is 109 Å². The van der Waals surface area contributed by atoms with Crippen molar-refractivity contribution in [3.8, 4) is 22.3 Å². The molecule has 0 unspecified atom stereocenters. The molecule has 0 saturated carbocycles. The summed E-state index contributed by atoms with van der Waals surface area (Å²) >= 11 is 1.29. The number of benzene rings is 6. The second kappa shape index (κ2) is 7.22. The van der Waals surface area contributed by atoms with Gasteiger partial charge in [-0.1, -0.05) is 109 Å². The summed E-state index contributed by atoms with van der Waals surface area (Å²) in [6.45, 7) is 0. The van der Waals surface area contributed by atoms with Crippen molar-refractivity contribution in [3.05, 3.63) is 109 Å². The number of rotatable bonds is 2. The van der Waals surface area contributed by atoms with Crippen LogP contribution < -0.4 is 0 Å². The number of fused-ring (bicyclic) bond motifs is 4. The zero-order valence-corrected chi connectivity index (χ0v) is 18.5. The summed E-state index contributed by atoms with van der Waals surface area (Å²) in [6.07, 6.45) is 0. The summed E-state index contributed by atoms with van der Waals surface area (Å²) in [6, 6.07) is 38.8. The van der Waals surface area contributed by atoms with E-state index in [0.29, 0.717) is 0 Å². The third-order valence-electron chi connectivity index (χ3n) is 6.55. The third kappa shape index (κ3) is 2.73. The van der Waals surface area contributed by atoms with Crippen molar-refractivity contribution < 1.29 is 0 Å². The fourth-order valence-electron chi connectivity index (χ4n) is 5.12. The Balaban J connectivity index is 1.68. The number of nitrogens with zero attached hydrogens (tertiary/aromatic N) is 2. The van der Waals surface area contributed by atoms with Gasteiger partial charge in [0.2, 0.25) is 0 Å². The minimum atomic E-state index is 0.970. The van der Waals surface area contributed by atoms with Crippen LogP contribution in [0.3, 0.4) is 0 Å². The van der Waals surface area contributed by atoms with Crippen LogP contribution in [0, 0.1) is 0 Å². The second-order valence-electron chi connectivity index (χ2n) is 8.31. The van der Waals surface area contributed by atoms with E-state index in [1.54, 1.807) is 0 Å². The van der Waals surface area contributed by atoms with E-state index in [1.807, 2.05) is 0 Å². The Hall–Kier alpha value is -4.08. The molecule has 7 rings (SSSR count). The van der Waals surface area contributed by atoms with Gasteiger partial charge in [0.1, 0.15) is 11.0 Å². The molecule has 0 aliphatic heterocycles. The lowest BCUT2D eigenvalue weighted by Crippen LogP contribution is -1.92. The second-order valence-corrected chi connectivity index (χ2v) is 8.84. The lowest BCUT2D eigenvalue weighted by atomic mass is 9.87. The summed E-state index contributed by atoms with van der Waals surface area (Å²) in [7, 11) is 0. The quantitative estimate of drug-likeness (QED) is 0.270. The van der Waals surface area contributed by atoms with Crippen LogP contribution in [0.4, 0.5) is 0 Å². The van der Waals surface area contributed by atoms with Gasteiger partial charge >= 0.3 is 0 Å². The summed E-state index contributed by atoms with van der Waals surface area (Å²) in [5.74, 6) is 0. The Labute approximate surface area is 195 Å². The largest absolute Gasteiger partial charge is 0.172 e. The van der Waals surface area contributed by atoms with Gasteiger partial charge in [0.05, 0.1) is 11.7 Å². The van der Waals surface area contributed by atoms with E-state index >= 15 is 0 Å². The van der Waals surface area contributed by atoms with Crippen LogP contribution in [0.2, 0.25) is 0 Å². The minimum Gasteiger partial charge on any atom is -0.172 e. The predicted octanol–water partition coefficient (Wildman–Crippen LogP) is 8.48. The molecular formula is C30H18N2S. The molecule has 0 amide bonds. The van der Waals surface area contributed by atoms with Crippen LogP contribution in [-0.4, -0.2) is 8.75 Å². The first-order valence-corrected chi connectivity index (χ1v) is 11.8. The molecule has 0 spiro atoms. The summed E-state index contributed by atoms with van der Waals surface area (Å²) in [5.41, 5.74) is 6.67. The molecule has 0 aliphatic rings. The fourth-order valence-corrected chi connectivity index (χ4v) is 5.68. The van der Waals surface area contributed by atoms with Crippen molar-refractivity contribution in [2.24, 2.45) is 0 Å². The van der Waals surface area contributed by atoms with Gasteiger partial charge in [-0.05, 0) is 43.4 Å². The average Bonchev–Trinajstić information content (AvgIpc) is 3.36. The summed E-state index contributed by atoms with van der Waals surface area (Å²) in [4.78, 5) is 0. The Morgan fingerprint density at radius 3 is 1.27 bits per heavy atom. The standard InChI is InChI=1S/C30H18N2S/c1-3-13-21-19(9-1)11-7-17-23(21)27-25-15-5-6-16-26(25)28(30-29(27)31-33-32-30)24-18-8-12-20-10-2-4-14-22(20)24/h1-18H. The van der Waals surface area contributed by atoms with Gasteiger partial charge in [-0.15, -0.1) is 0 Å². The van der Waals surface area contributed by atoms with Crippen molar-refractivity contribution in [3.63, 3.8) is 0 Å². The molecule has 1 aromatic heterocycles. The van der Waals surface area contributed by atoms with Crippen LogP contribution >= 0.6 is 11.7 Å². The van der Waals surface area contributed by atoms with Crippen molar-refractivity contribution in [1.29, 1.82) is 0 Å².